The molecular weight excluding hydrogens is 314 g/mol. The van der Waals surface area contributed by atoms with Crippen LogP contribution in [0, 0.1) is 0 Å². The minimum absolute atomic E-state index is 0.550. The summed E-state index contributed by atoms with van der Waals surface area (Å²) in [5.41, 5.74) is 0. The van der Waals surface area contributed by atoms with E-state index in [0.29, 0.717) is 18.2 Å². The highest BCUT2D eigenvalue weighted by Crippen LogP contribution is 2.27. The number of furan rings is 1. The minimum atomic E-state index is 0.550. The van der Waals surface area contributed by atoms with Crippen molar-refractivity contribution in [1.29, 1.82) is 0 Å². The van der Waals surface area contributed by atoms with Crippen LogP contribution in [-0.4, -0.2) is 34.2 Å². The number of para-hydroxylation sites is 2. The van der Waals surface area contributed by atoms with E-state index in [2.05, 4.69) is 10.2 Å². The molecule has 0 unspecified atom stereocenters. The molecule has 0 fully saturated rings. The first-order valence-corrected chi connectivity index (χ1v) is 8.10. The second-order valence-electron chi connectivity index (χ2n) is 4.69. The van der Waals surface area contributed by atoms with Crippen molar-refractivity contribution in [3.8, 4) is 23.1 Å². The third kappa shape index (κ3) is 3.50. The molecule has 0 bridgehead atoms. The summed E-state index contributed by atoms with van der Waals surface area (Å²) in [6, 6.07) is 11.3. The maximum Gasteiger partial charge on any atom is 0.200 e. The van der Waals surface area contributed by atoms with Crippen LogP contribution in [0.4, 0.5) is 0 Å². The van der Waals surface area contributed by atoms with Crippen LogP contribution < -0.4 is 9.47 Å². The number of thioether (sulfide) groups is 1. The predicted octanol–water partition coefficient (Wildman–Crippen LogP) is 3.25. The highest BCUT2D eigenvalue weighted by Gasteiger charge is 2.13. The van der Waals surface area contributed by atoms with Gasteiger partial charge in [0, 0.05) is 12.8 Å². The lowest BCUT2D eigenvalue weighted by atomic mass is 10.3. The second-order valence-corrected chi connectivity index (χ2v) is 5.75. The number of ether oxygens (including phenoxy) is 2. The molecule has 0 amide bonds. The Balaban J connectivity index is 1.55. The van der Waals surface area contributed by atoms with E-state index in [4.69, 9.17) is 13.9 Å². The average molecular weight is 331 g/mol. The van der Waals surface area contributed by atoms with Gasteiger partial charge in [-0.3, -0.25) is 0 Å². The molecular formula is C16H17N3O3S. The zero-order valence-corrected chi connectivity index (χ0v) is 13.7. The van der Waals surface area contributed by atoms with Gasteiger partial charge in [-0.1, -0.05) is 23.9 Å². The summed E-state index contributed by atoms with van der Waals surface area (Å²) in [4.78, 5) is 0. The number of benzene rings is 1. The molecule has 3 rings (SSSR count). The number of methoxy groups -OCH3 is 1. The second kappa shape index (κ2) is 7.23. The van der Waals surface area contributed by atoms with Gasteiger partial charge in [0.1, 0.15) is 0 Å². The summed E-state index contributed by atoms with van der Waals surface area (Å²) < 4.78 is 18.3. The Bertz CT molecular complexity index is 756. The molecule has 6 nitrogen and oxygen atoms in total. The van der Waals surface area contributed by atoms with Crippen LogP contribution >= 0.6 is 11.8 Å². The van der Waals surface area contributed by atoms with Crippen molar-refractivity contribution in [3.63, 3.8) is 0 Å². The molecule has 23 heavy (non-hydrogen) atoms. The van der Waals surface area contributed by atoms with Crippen LogP contribution in [0.3, 0.4) is 0 Å². The van der Waals surface area contributed by atoms with E-state index in [1.165, 1.54) is 0 Å². The Morgan fingerprint density at radius 3 is 2.70 bits per heavy atom. The summed E-state index contributed by atoms with van der Waals surface area (Å²) >= 11 is 1.58. The van der Waals surface area contributed by atoms with Gasteiger partial charge in [0.2, 0.25) is 0 Å². The Kier molecular flexibility index (Phi) is 4.87. The van der Waals surface area contributed by atoms with Gasteiger partial charge in [-0.2, -0.15) is 0 Å². The van der Waals surface area contributed by atoms with Gasteiger partial charge >= 0.3 is 0 Å². The molecule has 2 heterocycles. The fourth-order valence-corrected chi connectivity index (χ4v) is 2.81. The van der Waals surface area contributed by atoms with Gasteiger partial charge in [-0.25, -0.2) is 0 Å². The van der Waals surface area contributed by atoms with Crippen LogP contribution in [0.25, 0.3) is 11.6 Å². The summed E-state index contributed by atoms with van der Waals surface area (Å²) in [6.07, 6.45) is 1.62. The minimum Gasteiger partial charge on any atom is -0.493 e. The molecule has 7 heteroatoms. The molecule has 3 aromatic rings. The van der Waals surface area contributed by atoms with Crippen molar-refractivity contribution < 1.29 is 13.9 Å². The molecule has 0 spiro atoms. The summed E-state index contributed by atoms with van der Waals surface area (Å²) in [5, 5.41) is 9.17. The van der Waals surface area contributed by atoms with Crippen molar-refractivity contribution in [2.24, 2.45) is 7.05 Å². The van der Waals surface area contributed by atoms with Crippen molar-refractivity contribution in [2.45, 2.75) is 5.16 Å². The summed E-state index contributed by atoms with van der Waals surface area (Å²) in [5.74, 6) is 3.64. The average Bonchev–Trinajstić information content (AvgIpc) is 3.22. The quantitative estimate of drug-likeness (QED) is 0.489. The lowest BCUT2D eigenvalue weighted by Crippen LogP contribution is -2.03. The van der Waals surface area contributed by atoms with Gasteiger partial charge in [0.05, 0.1) is 20.0 Å². The van der Waals surface area contributed by atoms with E-state index in [0.717, 1.165) is 22.4 Å². The maximum atomic E-state index is 5.75. The van der Waals surface area contributed by atoms with Gasteiger partial charge in [-0.15, -0.1) is 10.2 Å². The van der Waals surface area contributed by atoms with Gasteiger partial charge in [0.15, 0.2) is 28.2 Å². The highest BCUT2D eigenvalue weighted by molar-refractivity contribution is 7.99. The zero-order chi connectivity index (χ0) is 16.1. The lowest BCUT2D eigenvalue weighted by Gasteiger charge is -2.09. The molecule has 0 atom stereocenters. The SMILES string of the molecule is COc1ccccc1OCCSc1nnc(-c2ccco2)n1C. The van der Waals surface area contributed by atoms with E-state index >= 15 is 0 Å². The first-order chi connectivity index (χ1) is 11.3. The van der Waals surface area contributed by atoms with Gasteiger partial charge in [-0.05, 0) is 24.3 Å². The van der Waals surface area contributed by atoms with Crippen molar-refractivity contribution in [2.75, 3.05) is 19.5 Å². The molecule has 0 radical (unpaired) electrons. The standard InChI is InChI=1S/C16H17N3O3S/c1-19-15(14-8-5-9-21-14)17-18-16(19)23-11-10-22-13-7-4-3-6-12(13)20-2/h3-9H,10-11H2,1-2H3. The van der Waals surface area contributed by atoms with E-state index in [-0.39, 0.29) is 0 Å². The largest absolute Gasteiger partial charge is 0.493 e. The third-order valence-electron chi connectivity index (χ3n) is 3.22. The smallest absolute Gasteiger partial charge is 0.200 e. The van der Waals surface area contributed by atoms with Crippen LogP contribution in [-0.2, 0) is 7.05 Å². The topological polar surface area (TPSA) is 62.3 Å². The first-order valence-electron chi connectivity index (χ1n) is 7.11. The number of hydrogen-bond acceptors (Lipinski definition) is 6. The Labute approximate surface area is 138 Å². The van der Waals surface area contributed by atoms with Crippen molar-refractivity contribution in [3.05, 3.63) is 42.7 Å². The number of aromatic nitrogens is 3. The molecule has 0 aliphatic heterocycles. The Morgan fingerprint density at radius 1 is 1.13 bits per heavy atom. The van der Waals surface area contributed by atoms with Crippen LogP contribution in [0.2, 0.25) is 0 Å². The van der Waals surface area contributed by atoms with Crippen LogP contribution in [0.1, 0.15) is 0 Å². The number of hydrogen-bond donors (Lipinski definition) is 0. The van der Waals surface area contributed by atoms with E-state index in [1.807, 2.05) is 48.0 Å². The fourth-order valence-electron chi connectivity index (χ4n) is 2.08. The molecule has 0 N–H and O–H groups in total. The van der Waals surface area contributed by atoms with Crippen LogP contribution in [0.15, 0.2) is 52.2 Å². The molecule has 0 saturated heterocycles. The fraction of sp³-hybridized carbons (Fsp3) is 0.250. The van der Waals surface area contributed by atoms with E-state index in [1.54, 1.807) is 25.1 Å². The number of rotatable bonds is 7. The van der Waals surface area contributed by atoms with Crippen molar-refractivity contribution >= 4 is 11.8 Å². The molecule has 1 aromatic carbocycles. The van der Waals surface area contributed by atoms with Gasteiger partial charge < -0.3 is 18.5 Å². The van der Waals surface area contributed by atoms with Crippen LogP contribution in [0.5, 0.6) is 11.5 Å². The predicted molar refractivity (Wildman–Crippen MR) is 87.9 cm³/mol. The normalized spacial score (nSPS) is 10.7. The summed E-state index contributed by atoms with van der Waals surface area (Å²) in [6.45, 7) is 0.550. The molecule has 0 aliphatic rings. The first kappa shape index (κ1) is 15.5. The third-order valence-corrected chi connectivity index (χ3v) is 4.20. The molecule has 0 saturated carbocycles. The summed E-state index contributed by atoms with van der Waals surface area (Å²) in [7, 11) is 3.55. The number of nitrogens with zero attached hydrogens (tertiary/aromatic N) is 3. The molecule has 2 aromatic heterocycles. The van der Waals surface area contributed by atoms with E-state index < -0.39 is 0 Å². The van der Waals surface area contributed by atoms with Gasteiger partial charge in [0.25, 0.3) is 0 Å². The zero-order valence-electron chi connectivity index (χ0n) is 12.9. The molecule has 120 valence electrons. The lowest BCUT2D eigenvalue weighted by molar-refractivity contribution is 0.313. The van der Waals surface area contributed by atoms with E-state index in [9.17, 15) is 0 Å². The Hall–Kier alpha value is -2.41. The monoisotopic (exact) mass is 331 g/mol. The molecule has 0 aliphatic carbocycles. The maximum absolute atomic E-state index is 5.75. The Morgan fingerprint density at radius 2 is 1.96 bits per heavy atom. The van der Waals surface area contributed by atoms with Crippen molar-refractivity contribution in [1.82, 2.24) is 14.8 Å². The highest BCUT2D eigenvalue weighted by atomic mass is 32.2.